The van der Waals surface area contributed by atoms with E-state index in [1.807, 2.05) is 25.7 Å². The van der Waals surface area contributed by atoms with Gasteiger partial charge >= 0.3 is 6.09 Å². The van der Waals surface area contributed by atoms with Crippen molar-refractivity contribution in [3.8, 4) is 0 Å². The average molecular weight is 282 g/mol. The lowest BCUT2D eigenvalue weighted by Gasteiger charge is -2.36. The Morgan fingerprint density at radius 1 is 1.25 bits per heavy atom. The Hall–Kier alpha value is -0.770. The van der Waals surface area contributed by atoms with Crippen molar-refractivity contribution in [2.45, 2.75) is 58.5 Å². The zero-order valence-electron chi connectivity index (χ0n) is 13.3. The third-order valence-electron chi connectivity index (χ3n) is 4.24. The maximum atomic E-state index is 12.1. The molecule has 2 aliphatic rings. The maximum Gasteiger partial charge on any atom is 0.410 e. The molecule has 116 valence electrons. The molecule has 0 radical (unpaired) electrons. The first-order valence-electron chi connectivity index (χ1n) is 8.13. The number of piperidine rings is 2. The minimum atomic E-state index is -0.392. The molecule has 1 N–H and O–H groups in total. The van der Waals surface area contributed by atoms with Crippen LogP contribution in [0.4, 0.5) is 4.79 Å². The predicted octanol–water partition coefficient (Wildman–Crippen LogP) is 3.02. The average Bonchev–Trinajstić information content (AvgIpc) is 2.38. The molecule has 0 saturated carbocycles. The molecule has 2 atom stereocenters. The molecule has 2 rings (SSSR count). The van der Waals surface area contributed by atoms with Gasteiger partial charge in [0.25, 0.3) is 0 Å². The van der Waals surface area contributed by atoms with Crippen molar-refractivity contribution in [1.29, 1.82) is 0 Å². The van der Waals surface area contributed by atoms with Gasteiger partial charge in [0.2, 0.25) is 0 Å². The van der Waals surface area contributed by atoms with Gasteiger partial charge in [-0.3, -0.25) is 0 Å². The van der Waals surface area contributed by atoms with Crippen molar-refractivity contribution in [2.75, 3.05) is 26.2 Å². The van der Waals surface area contributed by atoms with Crippen LogP contribution in [0.2, 0.25) is 0 Å². The minimum absolute atomic E-state index is 0.135. The molecule has 2 fully saturated rings. The number of carbonyl (C=O) groups is 1. The maximum absolute atomic E-state index is 12.1. The second kappa shape index (κ2) is 6.79. The highest BCUT2D eigenvalue weighted by Gasteiger charge is 2.29. The second-order valence-electron chi connectivity index (χ2n) is 7.38. The van der Waals surface area contributed by atoms with Crippen molar-refractivity contribution < 1.29 is 9.53 Å². The van der Waals surface area contributed by atoms with Crippen LogP contribution in [0.3, 0.4) is 0 Å². The predicted molar refractivity (Wildman–Crippen MR) is 80.7 cm³/mol. The van der Waals surface area contributed by atoms with Crippen LogP contribution >= 0.6 is 0 Å². The first-order valence-corrected chi connectivity index (χ1v) is 8.13. The Balaban J connectivity index is 1.80. The van der Waals surface area contributed by atoms with Crippen molar-refractivity contribution in [1.82, 2.24) is 10.2 Å². The van der Waals surface area contributed by atoms with E-state index in [1.165, 1.54) is 32.2 Å². The van der Waals surface area contributed by atoms with Gasteiger partial charge in [-0.2, -0.15) is 0 Å². The van der Waals surface area contributed by atoms with Gasteiger partial charge in [-0.05, 0) is 77.8 Å². The fraction of sp³-hybridized carbons (Fsp3) is 0.938. The SMILES string of the molecule is CC(C)(C)OC(=O)N1CCCC(CC2CCCNC2)C1. The molecule has 4 heteroatoms. The molecule has 4 nitrogen and oxygen atoms in total. The molecule has 0 aromatic carbocycles. The Kier molecular flexibility index (Phi) is 5.30. The van der Waals surface area contributed by atoms with Gasteiger partial charge in [0.05, 0.1) is 0 Å². The molecular weight excluding hydrogens is 252 g/mol. The summed E-state index contributed by atoms with van der Waals surface area (Å²) in [7, 11) is 0. The summed E-state index contributed by atoms with van der Waals surface area (Å²) < 4.78 is 5.49. The Bertz CT molecular complexity index is 319. The van der Waals surface area contributed by atoms with Gasteiger partial charge in [-0.25, -0.2) is 4.79 Å². The van der Waals surface area contributed by atoms with Gasteiger partial charge in [-0.1, -0.05) is 0 Å². The largest absolute Gasteiger partial charge is 0.444 e. The summed E-state index contributed by atoms with van der Waals surface area (Å²) in [6.07, 6.45) is 6.14. The highest BCUT2D eigenvalue weighted by Crippen LogP contribution is 2.27. The van der Waals surface area contributed by atoms with E-state index in [4.69, 9.17) is 4.74 Å². The number of rotatable bonds is 2. The van der Waals surface area contributed by atoms with E-state index in [0.29, 0.717) is 5.92 Å². The third kappa shape index (κ3) is 4.97. The number of nitrogens with zero attached hydrogens (tertiary/aromatic N) is 1. The summed E-state index contributed by atoms with van der Waals surface area (Å²) in [5, 5.41) is 3.48. The molecule has 1 amide bonds. The van der Waals surface area contributed by atoms with E-state index >= 15 is 0 Å². The molecule has 20 heavy (non-hydrogen) atoms. The van der Waals surface area contributed by atoms with E-state index in [-0.39, 0.29) is 6.09 Å². The molecule has 0 aromatic rings. The normalized spacial score (nSPS) is 28.2. The quantitative estimate of drug-likeness (QED) is 0.846. The van der Waals surface area contributed by atoms with E-state index in [1.54, 1.807) is 0 Å². The van der Waals surface area contributed by atoms with Crippen molar-refractivity contribution in [2.24, 2.45) is 11.8 Å². The van der Waals surface area contributed by atoms with Crippen LogP contribution in [0.1, 0.15) is 52.9 Å². The van der Waals surface area contributed by atoms with Crippen LogP contribution in [0.25, 0.3) is 0 Å². The number of amides is 1. The van der Waals surface area contributed by atoms with Gasteiger partial charge in [0.15, 0.2) is 0 Å². The lowest BCUT2D eigenvalue weighted by atomic mass is 9.85. The summed E-state index contributed by atoms with van der Waals surface area (Å²) in [6.45, 7) is 9.86. The fourth-order valence-corrected chi connectivity index (χ4v) is 3.35. The van der Waals surface area contributed by atoms with Crippen molar-refractivity contribution >= 4 is 6.09 Å². The van der Waals surface area contributed by atoms with E-state index in [2.05, 4.69) is 5.32 Å². The van der Waals surface area contributed by atoms with Gasteiger partial charge in [-0.15, -0.1) is 0 Å². The molecule has 2 aliphatic heterocycles. The standard InChI is InChI=1S/C16H30N2O2/c1-16(2,3)20-15(19)18-9-5-7-14(12-18)10-13-6-4-8-17-11-13/h13-14,17H,4-12H2,1-3H3. The fourth-order valence-electron chi connectivity index (χ4n) is 3.35. The number of hydrogen-bond donors (Lipinski definition) is 1. The molecule has 2 saturated heterocycles. The minimum Gasteiger partial charge on any atom is -0.444 e. The Morgan fingerprint density at radius 3 is 2.65 bits per heavy atom. The number of hydrogen-bond acceptors (Lipinski definition) is 3. The molecule has 0 aliphatic carbocycles. The molecule has 2 heterocycles. The van der Waals surface area contributed by atoms with E-state index in [0.717, 1.165) is 32.0 Å². The molecule has 0 spiro atoms. The monoisotopic (exact) mass is 282 g/mol. The van der Waals surface area contributed by atoms with Gasteiger partial charge in [0.1, 0.15) is 5.60 Å². The summed E-state index contributed by atoms with van der Waals surface area (Å²) in [6, 6.07) is 0. The summed E-state index contributed by atoms with van der Waals surface area (Å²) in [5.74, 6) is 1.45. The number of likely N-dealkylation sites (tertiary alicyclic amines) is 1. The van der Waals surface area contributed by atoms with Crippen LogP contribution in [-0.4, -0.2) is 42.8 Å². The first kappa shape index (κ1) is 15.6. The van der Waals surface area contributed by atoms with Crippen LogP contribution < -0.4 is 5.32 Å². The van der Waals surface area contributed by atoms with Crippen LogP contribution in [-0.2, 0) is 4.74 Å². The third-order valence-corrected chi connectivity index (χ3v) is 4.24. The van der Waals surface area contributed by atoms with Crippen molar-refractivity contribution in [3.63, 3.8) is 0 Å². The highest BCUT2D eigenvalue weighted by atomic mass is 16.6. The van der Waals surface area contributed by atoms with Crippen LogP contribution in [0.15, 0.2) is 0 Å². The summed E-state index contributed by atoms with van der Waals surface area (Å²) >= 11 is 0. The lowest BCUT2D eigenvalue weighted by molar-refractivity contribution is 0.0150. The van der Waals surface area contributed by atoms with Gasteiger partial charge in [0, 0.05) is 13.1 Å². The van der Waals surface area contributed by atoms with Crippen LogP contribution in [0, 0.1) is 11.8 Å². The number of nitrogens with one attached hydrogen (secondary N) is 1. The topological polar surface area (TPSA) is 41.6 Å². The highest BCUT2D eigenvalue weighted by molar-refractivity contribution is 5.68. The molecule has 0 bridgehead atoms. The molecular formula is C16H30N2O2. The van der Waals surface area contributed by atoms with E-state index < -0.39 is 5.60 Å². The molecule has 0 aromatic heterocycles. The summed E-state index contributed by atoms with van der Waals surface area (Å²) in [4.78, 5) is 14.1. The van der Waals surface area contributed by atoms with Crippen molar-refractivity contribution in [3.05, 3.63) is 0 Å². The zero-order chi connectivity index (χ0) is 14.6. The first-order chi connectivity index (χ1) is 9.44. The van der Waals surface area contributed by atoms with E-state index in [9.17, 15) is 4.79 Å². The smallest absolute Gasteiger partial charge is 0.410 e. The lowest BCUT2D eigenvalue weighted by Crippen LogP contribution is -2.43. The summed E-state index contributed by atoms with van der Waals surface area (Å²) in [5.41, 5.74) is -0.392. The Labute approximate surface area is 123 Å². The number of carbonyl (C=O) groups excluding carboxylic acids is 1. The number of ether oxygens (including phenoxy) is 1. The van der Waals surface area contributed by atoms with Gasteiger partial charge < -0.3 is 15.0 Å². The zero-order valence-corrected chi connectivity index (χ0v) is 13.3. The Morgan fingerprint density at radius 2 is 2.00 bits per heavy atom. The molecule has 2 unspecified atom stereocenters. The van der Waals surface area contributed by atoms with Crippen LogP contribution in [0.5, 0.6) is 0 Å². The second-order valence-corrected chi connectivity index (χ2v) is 7.38.